The van der Waals surface area contributed by atoms with E-state index in [9.17, 15) is 8.42 Å². The number of sulfonamides is 1. The average Bonchev–Trinajstić information content (AvgIpc) is 2.34. The summed E-state index contributed by atoms with van der Waals surface area (Å²) < 4.78 is 26.9. The van der Waals surface area contributed by atoms with Gasteiger partial charge in [0.05, 0.1) is 5.75 Å². The van der Waals surface area contributed by atoms with Crippen LogP contribution in [0.25, 0.3) is 0 Å². The molecule has 0 atom stereocenters. The molecule has 0 aliphatic carbocycles. The minimum Gasteiger partial charge on any atom is -0.313 e. The van der Waals surface area contributed by atoms with Crippen molar-refractivity contribution in [2.75, 3.05) is 13.1 Å². The smallest absolute Gasteiger partial charge is 0.215 e. The van der Waals surface area contributed by atoms with Gasteiger partial charge in [0, 0.05) is 13.1 Å². The van der Waals surface area contributed by atoms with Gasteiger partial charge in [-0.25, -0.2) is 13.1 Å². The Morgan fingerprint density at radius 3 is 2.43 bits per heavy atom. The van der Waals surface area contributed by atoms with Gasteiger partial charge >= 0.3 is 0 Å². The molecule has 0 heterocycles. The van der Waals surface area contributed by atoms with Gasteiger partial charge in [-0.3, -0.25) is 0 Å². The van der Waals surface area contributed by atoms with E-state index in [2.05, 4.69) is 30.8 Å². The quantitative estimate of drug-likeness (QED) is 0.776. The molecule has 4 nitrogen and oxygen atoms in total. The summed E-state index contributed by atoms with van der Waals surface area (Å²) in [5.41, 5.74) is 2.07. The Labute approximate surface area is 129 Å². The predicted octanol–water partition coefficient (Wildman–Crippen LogP) is 2.65. The average molecular weight is 312 g/mol. The molecule has 0 aliphatic heterocycles. The van der Waals surface area contributed by atoms with Crippen molar-refractivity contribution in [1.82, 2.24) is 10.0 Å². The maximum absolute atomic E-state index is 12.1. The molecule has 1 aromatic rings. The Balaban J connectivity index is 2.58. The summed E-state index contributed by atoms with van der Waals surface area (Å²) in [6.07, 6.45) is 0.826. The van der Waals surface area contributed by atoms with Crippen molar-refractivity contribution in [3.8, 4) is 0 Å². The van der Waals surface area contributed by atoms with Crippen LogP contribution in [-0.4, -0.2) is 21.5 Å². The van der Waals surface area contributed by atoms with Crippen LogP contribution in [0.5, 0.6) is 0 Å². The summed E-state index contributed by atoms with van der Waals surface area (Å²) in [5, 5.41) is 3.24. The zero-order valence-corrected chi connectivity index (χ0v) is 14.4. The molecule has 1 aromatic carbocycles. The van der Waals surface area contributed by atoms with Gasteiger partial charge in [-0.2, -0.15) is 0 Å². The summed E-state index contributed by atoms with van der Waals surface area (Å²) in [6.45, 7) is 10.5. The summed E-state index contributed by atoms with van der Waals surface area (Å²) in [5.74, 6) is 0.0388. The lowest BCUT2D eigenvalue weighted by atomic mass is 9.93. The first-order valence-corrected chi connectivity index (χ1v) is 9.13. The zero-order chi connectivity index (χ0) is 15.9. The van der Waals surface area contributed by atoms with E-state index < -0.39 is 10.0 Å². The SMILES string of the molecule is CCNCc1cccc(CS(=O)(=O)NCCC(C)(C)C)c1. The Bertz CT molecular complexity index is 533. The Hall–Kier alpha value is -0.910. The third-order valence-corrected chi connectivity index (χ3v) is 4.48. The summed E-state index contributed by atoms with van der Waals surface area (Å²) in [6, 6.07) is 7.72. The Morgan fingerprint density at radius 2 is 1.81 bits per heavy atom. The van der Waals surface area contributed by atoms with Crippen molar-refractivity contribution in [1.29, 1.82) is 0 Å². The van der Waals surface area contributed by atoms with E-state index in [0.29, 0.717) is 6.54 Å². The third kappa shape index (κ3) is 8.19. The normalized spacial score (nSPS) is 12.6. The molecule has 5 heteroatoms. The minimum atomic E-state index is -3.26. The van der Waals surface area contributed by atoms with Crippen molar-refractivity contribution in [3.05, 3.63) is 35.4 Å². The van der Waals surface area contributed by atoms with Crippen LogP contribution >= 0.6 is 0 Å². The lowest BCUT2D eigenvalue weighted by molar-refractivity contribution is 0.378. The first kappa shape index (κ1) is 18.1. The topological polar surface area (TPSA) is 58.2 Å². The van der Waals surface area contributed by atoms with Crippen molar-refractivity contribution >= 4 is 10.0 Å². The van der Waals surface area contributed by atoms with E-state index in [-0.39, 0.29) is 11.2 Å². The predicted molar refractivity (Wildman–Crippen MR) is 88.5 cm³/mol. The molecule has 0 amide bonds. The van der Waals surface area contributed by atoms with Crippen LogP contribution in [0, 0.1) is 5.41 Å². The van der Waals surface area contributed by atoms with Gasteiger partial charge in [-0.15, -0.1) is 0 Å². The first-order valence-electron chi connectivity index (χ1n) is 7.48. The molecular weight excluding hydrogens is 284 g/mol. The van der Waals surface area contributed by atoms with Crippen LogP contribution < -0.4 is 10.0 Å². The molecule has 0 radical (unpaired) electrons. The fourth-order valence-corrected chi connectivity index (χ4v) is 3.08. The molecule has 21 heavy (non-hydrogen) atoms. The van der Waals surface area contributed by atoms with Crippen molar-refractivity contribution in [3.63, 3.8) is 0 Å². The molecule has 2 N–H and O–H groups in total. The van der Waals surface area contributed by atoms with E-state index in [1.807, 2.05) is 31.2 Å². The zero-order valence-electron chi connectivity index (χ0n) is 13.6. The van der Waals surface area contributed by atoms with Crippen molar-refractivity contribution in [2.24, 2.45) is 5.41 Å². The third-order valence-electron chi connectivity index (χ3n) is 3.12. The Kier molecular flexibility index (Phi) is 6.84. The molecule has 0 saturated carbocycles. The summed E-state index contributed by atoms with van der Waals surface area (Å²) in [7, 11) is -3.26. The molecule has 1 rings (SSSR count). The number of benzene rings is 1. The van der Waals surface area contributed by atoms with Gasteiger partial charge in [0.2, 0.25) is 10.0 Å². The summed E-state index contributed by atoms with van der Waals surface area (Å²) >= 11 is 0. The van der Waals surface area contributed by atoms with Gasteiger partial charge in [-0.1, -0.05) is 52.0 Å². The van der Waals surface area contributed by atoms with Gasteiger partial charge in [0.15, 0.2) is 0 Å². The number of rotatable bonds is 8. The fourth-order valence-electron chi connectivity index (χ4n) is 1.95. The van der Waals surface area contributed by atoms with E-state index >= 15 is 0 Å². The van der Waals surface area contributed by atoms with Crippen molar-refractivity contribution < 1.29 is 8.42 Å². The maximum Gasteiger partial charge on any atom is 0.215 e. The lowest BCUT2D eigenvalue weighted by Crippen LogP contribution is -2.28. The molecule has 0 unspecified atom stereocenters. The highest BCUT2D eigenvalue weighted by molar-refractivity contribution is 7.88. The van der Waals surface area contributed by atoms with Gasteiger partial charge in [-0.05, 0) is 29.5 Å². The molecule has 0 aromatic heterocycles. The van der Waals surface area contributed by atoms with E-state index in [4.69, 9.17) is 0 Å². The highest BCUT2D eigenvalue weighted by Crippen LogP contribution is 2.17. The molecule has 0 spiro atoms. The second kappa shape index (κ2) is 7.92. The maximum atomic E-state index is 12.1. The summed E-state index contributed by atoms with van der Waals surface area (Å²) in [4.78, 5) is 0. The van der Waals surface area contributed by atoms with Crippen LogP contribution in [-0.2, 0) is 22.3 Å². The fraction of sp³-hybridized carbons (Fsp3) is 0.625. The van der Waals surface area contributed by atoms with Crippen LogP contribution in [0.4, 0.5) is 0 Å². The standard InChI is InChI=1S/C16H28N2O2S/c1-5-17-12-14-7-6-8-15(11-14)13-21(19,20)18-10-9-16(2,3)4/h6-8,11,17-18H,5,9-10,12-13H2,1-4H3. The van der Waals surface area contributed by atoms with Crippen LogP contribution in [0.2, 0.25) is 0 Å². The molecule has 0 saturated heterocycles. The largest absolute Gasteiger partial charge is 0.313 e. The highest BCUT2D eigenvalue weighted by atomic mass is 32.2. The van der Waals surface area contributed by atoms with Crippen molar-refractivity contribution in [2.45, 2.75) is 46.4 Å². The molecule has 0 fully saturated rings. The van der Waals surface area contributed by atoms with E-state index in [1.54, 1.807) is 0 Å². The molecule has 0 aliphatic rings. The second-order valence-electron chi connectivity index (χ2n) is 6.56. The molecular formula is C16H28N2O2S. The van der Waals surface area contributed by atoms with E-state index in [0.717, 1.165) is 30.6 Å². The van der Waals surface area contributed by atoms with Gasteiger partial charge < -0.3 is 5.32 Å². The Morgan fingerprint density at radius 1 is 1.14 bits per heavy atom. The number of hydrogen-bond acceptors (Lipinski definition) is 3. The molecule has 120 valence electrons. The van der Waals surface area contributed by atoms with Gasteiger partial charge in [0.25, 0.3) is 0 Å². The van der Waals surface area contributed by atoms with Crippen LogP contribution in [0.1, 0.15) is 45.2 Å². The number of hydrogen-bond donors (Lipinski definition) is 2. The van der Waals surface area contributed by atoms with Gasteiger partial charge in [0.1, 0.15) is 0 Å². The first-order chi connectivity index (χ1) is 9.72. The molecule has 0 bridgehead atoms. The highest BCUT2D eigenvalue weighted by Gasteiger charge is 2.14. The lowest BCUT2D eigenvalue weighted by Gasteiger charge is -2.18. The monoisotopic (exact) mass is 312 g/mol. The minimum absolute atomic E-state index is 0.0388. The number of nitrogens with one attached hydrogen (secondary N) is 2. The second-order valence-corrected chi connectivity index (χ2v) is 8.37. The van der Waals surface area contributed by atoms with Crippen LogP contribution in [0.3, 0.4) is 0 Å². The van der Waals surface area contributed by atoms with Crippen LogP contribution in [0.15, 0.2) is 24.3 Å². The van der Waals surface area contributed by atoms with E-state index in [1.165, 1.54) is 0 Å².